The molecule has 0 aliphatic rings. The van der Waals surface area contributed by atoms with Gasteiger partial charge < -0.3 is 19.9 Å². The van der Waals surface area contributed by atoms with Gasteiger partial charge in [-0.05, 0) is 23.6 Å². The molecule has 1 heterocycles. The first-order valence-corrected chi connectivity index (χ1v) is 8.63. The van der Waals surface area contributed by atoms with Crippen molar-refractivity contribution in [2.24, 2.45) is 0 Å². The molecule has 140 valence electrons. The minimum absolute atomic E-state index is 0.114. The first-order valence-electron chi connectivity index (χ1n) is 8.63. The molecule has 0 saturated heterocycles. The van der Waals surface area contributed by atoms with Crippen molar-refractivity contribution < 1.29 is 19.7 Å². The quantitative estimate of drug-likeness (QED) is 0.570. The number of ether oxygens (including phenoxy) is 1. The maximum atomic E-state index is 12.3. The van der Waals surface area contributed by atoms with Crippen molar-refractivity contribution in [2.45, 2.75) is 25.2 Å². The highest BCUT2D eigenvalue weighted by Gasteiger charge is 2.42. The Kier molecular flexibility index (Phi) is 5.81. The lowest BCUT2D eigenvalue weighted by atomic mass is 9.91. The Morgan fingerprint density at radius 3 is 2.41 bits per heavy atom. The van der Waals surface area contributed by atoms with Crippen LogP contribution in [0, 0.1) is 0 Å². The van der Waals surface area contributed by atoms with Crippen LogP contribution in [0.2, 0.25) is 0 Å². The summed E-state index contributed by atoms with van der Waals surface area (Å²) in [4.78, 5) is 18.9. The summed E-state index contributed by atoms with van der Waals surface area (Å²) in [5, 5.41) is 19.9. The van der Waals surface area contributed by atoms with Crippen LogP contribution in [0.4, 0.5) is 0 Å². The molecule has 0 bridgehead atoms. The second kappa shape index (κ2) is 8.26. The van der Waals surface area contributed by atoms with Gasteiger partial charge in [0.1, 0.15) is 12.7 Å². The summed E-state index contributed by atoms with van der Waals surface area (Å²) in [5.41, 5.74) is 1.78. The SMILES string of the molecule is C[C@@](OCc1ccc(-c2ccccc2)cc1)(C(=O)CO)[C@@H](O)c1cnc[nH]1. The normalized spacial score (nSPS) is 14.5. The average Bonchev–Trinajstić information content (AvgIpc) is 3.26. The number of benzene rings is 2. The standard InChI is InChI=1S/C21H22N2O4/c1-21(19(25)12-24,20(26)18-11-22-14-23-18)27-13-15-7-9-17(10-8-15)16-5-3-2-4-6-16/h2-11,14,20,24,26H,12-13H2,1H3,(H,22,23)/t20-,21+/m0/s1. The van der Waals surface area contributed by atoms with Crippen molar-refractivity contribution in [2.75, 3.05) is 6.61 Å². The zero-order valence-corrected chi connectivity index (χ0v) is 15.0. The van der Waals surface area contributed by atoms with Crippen molar-refractivity contribution in [3.05, 3.63) is 78.4 Å². The lowest BCUT2D eigenvalue weighted by Gasteiger charge is -2.32. The summed E-state index contributed by atoms with van der Waals surface area (Å²) in [7, 11) is 0. The van der Waals surface area contributed by atoms with Gasteiger partial charge in [0.2, 0.25) is 0 Å². The third-order valence-electron chi connectivity index (χ3n) is 4.63. The Labute approximate surface area is 157 Å². The van der Waals surface area contributed by atoms with E-state index in [2.05, 4.69) is 9.97 Å². The summed E-state index contributed by atoms with van der Waals surface area (Å²) in [6.45, 7) is 0.854. The highest BCUT2D eigenvalue weighted by molar-refractivity contribution is 5.88. The monoisotopic (exact) mass is 366 g/mol. The molecule has 6 heteroatoms. The molecule has 3 N–H and O–H groups in total. The summed E-state index contributed by atoms with van der Waals surface area (Å²) in [6, 6.07) is 17.8. The first kappa shape index (κ1) is 19.0. The van der Waals surface area contributed by atoms with Crippen molar-refractivity contribution in [3.8, 4) is 11.1 Å². The molecule has 0 spiro atoms. The number of nitrogens with zero attached hydrogens (tertiary/aromatic N) is 1. The maximum absolute atomic E-state index is 12.3. The van der Waals surface area contributed by atoms with Crippen molar-refractivity contribution in [1.29, 1.82) is 0 Å². The molecule has 3 rings (SSSR count). The van der Waals surface area contributed by atoms with Crippen molar-refractivity contribution >= 4 is 5.78 Å². The summed E-state index contributed by atoms with van der Waals surface area (Å²) < 4.78 is 5.79. The van der Waals surface area contributed by atoms with Gasteiger partial charge in [0.25, 0.3) is 0 Å². The molecule has 2 aromatic carbocycles. The predicted molar refractivity (Wildman–Crippen MR) is 101 cm³/mol. The zero-order chi connectivity index (χ0) is 19.3. The fourth-order valence-electron chi connectivity index (χ4n) is 2.84. The number of imidazole rings is 1. The molecular formula is C21H22N2O4. The Morgan fingerprint density at radius 2 is 1.81 bits per heavy atom. The summed E-state index contributed by atoms with van der Waals surface area (Å²) in [5.74, 6) is -0.606. The smallest absolute Gasteiger partial charge is 0.192 e. The predicted octanol–water partition coefficient (Wildman–Crippen LogP) is 2.65. The van der Waals surface area contributed by atoms with Crippen LogP contribution in [0.1, 0.15) is 24.3 Å². The second-order valence-corrected chi connectivity index (χ2v) is 6.45. The molecule has 0 fully saturated rings. The number of aliphatic hydroxyl groups is 2. The molecule has 1 aromatic heterocycles. The van der Waals surface area contributed by atoms with Crippen molar-refractivity contribution in [3.63, 3.8) is 0 Å². The van der Waals surface area contributed by atoms with E-state index in [1.165, 1.54) is 19.4 Å². The van der Waals surface area contributed by atoms with Gasteiger partial charge in [-0.1, -0.05) is 54.6 Å². The molecule has 0 aliphatic carbocycles. The molecule has 0 saturated carbocycles. The Morgan fingerprint density at radius 1 is 1.15 bits per heavy atom. The van der Waals surface area contributed by atoms with Crippen LogP contribution in [0.5, 0.6) is 0 Å². The van der Waals surface area contributed by atoms with Crippen molar-refractivity contribution in [1.82, 2.24) is 9.97 Å². The van der Waals surface area contributed by atoms with Gasteiger partial charge in [0.15, 0.2) is 11.4 Å². The van der Waals surface area contributed by atoms with Crippen LogP contribution in [-0.2, 0) is 16.1 Å². The minimum Gasteiger partial charge on any atom is -0.388 e. The number of rotatable bonds is 8. The fourth-order valence-corrected chi connectivity index (χ4v) is 2.84. The van der Waals surface area contributed by atoms with E-state index in [9.17, 15) is 15.0 Å². The number of hydrogen-bond acceptors (Lipinski definition) is 5. The number of Topliss-reactive ketones (excluding diaryl/α,β-unsaturated/α-hetero) is 1. The van der Waals surface area contributed by atoms with Gasteiger partial charge >= 0.3 is 0 Å². The molecule has 3 aromatic rings. The lowest BCUT2D eigenvalue weighted by molar-refractivity contribution is -0.166. The van der Waals surface area contributed by atoms with Gasteiger partial charge in [0.05, 0.1) is 24.8 Å². The van der Waals surface area contributed by atoms with Gasteiger partial charge in [-0.15, -0.1) is 0 Å². The number of nitrogens with one attached hydrogen (secondary N) is 1. The zero-order valence-electron chi connectivity index (χ0n) is 15.0. The highest BCUT2D eigenvalue weighted by atomic mass is 16.5. The topological polar surface area (TPSA) is 95.4 Å². The van der Waals surface area contributed by atoms with Gasteiger partial charge in [0, 0.05) is 0 Å². The summed E-state index contributed by atoms with van der Waals surface area (Å²) in [6.07, 6.45) is 1.55. The Hall–Kier alpha value is -2.80. The largest absolute Gasteiger partial charge is 0.388 e. The van der Waals surface area contributed by atoms with E-state index in [0.717, 1.165) is 16.7 Å². The molecule has 27 heavy (non-hydrogen) atoms. The highest BCUT2D eigenvalue weighted by Crippen LogP contribution is 2.30. The number of aliphatic hydroxyl groups excluding tert-OH is 2. The molecule has 0 unspecified atom stereocenters. The van der Waals surface area contributed by atoms with E-state index in [1.54, 1.807) is 0 Å². The third kappa shape index (κ3) is 4.14. The molecular weight excluding hydrogens is 344 g/mol. The van der Waals surface area contributed by atoms with E-state index >= 15 is 0 Å². The first-order chi connectivity index (χ1) is 13.0. The number of ketones is 1. The van der Waals surface area contributed by atoms with Crippen LogP contribution >= 0.6 is 0 Å². The number of aromatic nitrogens is 2. The maximum Gasteiger partial charge on any atom is 0.192 e. The lowest BCUT2D eigenvalue weighted by Crippen LogP contribution is -2.46. The number of H-pyrrole nitrogens is 1. The Balaban J connectivity index is 1.75. The fraction of sp³-hybridized carbons (Fsp3) is 0.238. The Bertz CT molecular complexity index is 863. The van der Waals surface area contributed by atoms with Gasteiger partial charge in [-0.25, -0.2) is 4.98 Å². The molecule has 0 amide bonds. The number of aromatic amines is 1. The summed E-state index contributed by atoms with van der Waals surface area (Å²) >= 11 is 0. The van der Waals surface area contributed by atoms with E-state index in [0.29, 0.717) is 5.69 Å². The van der Waals surface area contributed by atoms with Crippen LogP contribution in [-0.4, -0.2) is 38.2 Å². The molecule has 0 radical (unpaired) electrons. The van der Waals surface area contributed by atoms with Crippen LogP contribution in [0.25, 0.3) is 11.1 Å². The molecule has 6 nitrogen and oxygen atoms in total. The van der Waals surface area contributed by atoms with Crippen LogP contribution < -0.4 is 0 Å². The average molecular weight is 366 g/mol. The minimum atomic E-state index is -1.60. The number of carbonyl (C=O) groups is 1. The van der Waals surface area contributed by atoms with E-state index in [4.69, 9.17) is 4.74 Å². The van der Waals surface area contributed by atoms with Crippen LogP contribution in [0.3, 0.4) is 0 Å². The number of hydrogen-bond donors (Lipinski definition) is 3. The van der Waals surface area contributed by atoms with Gasteiger partial charge in [-0.3, -0.25) is 4.79 Å². The van der Waals surface area contributed by atoms with E-state index in [-0.39, 0.29) is 6.61 Å². The molecule has 0 aliphatic heterocycles. The van der Waals surface area contributed by atoms with Gasteiger partial charge in [-0.2, -0.15) is 0 Å². The van der Waals surface area contributed by atoms with E-state index in [1.807, 2.05) is 54.6 Å². The molecule has 2 atom stereocenters. The van der Waals surface area contributed by atoms with Crippen LogP contribution in [0.15, 0.2) is 67.1 Å². The second-order valence-electron chi connectivity index (χ2n) is 6.45. The van der Waals surface area contributed by atoms with E-state index < -0.39 is 24.1 Å². The number of carbonyl (C=O) groups excluding carboxylic acids is 1. The third-order valence-corrected chi connectivity index (χ3v) is 4.63.